The first-order valence-electron chi connectivity index (χ1n) is 7.35. The molecule has 1 N–H and O–H groups in total. The molecular weight excluding hydrogens is 246 g/mol. The Hall–Kier alpha value is -1.80. The molecule has 0 saturated heterocycles. The average Bonchev–Trinajstić information content (AvgIpc) is 2.53. The van der Waals surface area contributed by atoms with Crippen LogP contribution in [0.1, 0.15) is 34.6 Å². The molecular formula is C18H19NO. The molecule has 1 heterocycles. The molecule has 2 heteroatoms. The second-order valence-corrected chi connectivity index (χ2v) is 5.74. The van der Waals surface area contributed by atoms with Crippen molar-refractivity contribution in [2.75, 3.05) is 7.11 Å². The third-order valence-electron chi connectivity index (χ3n) is 4.76. The average molecular weight is 265 g/mol. The number of hydrogen-bond donors (Lipinski definition) is 1. The maximum absolute atomic E-state index is 5.65. The predicted molar refractivity (Wildman–Crippen MR) is 80.2 cm³/mol. The zero-order valence-electron chi connectivity index (χ0n) is 11.7. The van der Waals surface area contributed by atoms with Gasteiger partial charge in [0.05, 0.1) is 7.11 Å². The van der Waals surface area contributed by atoms with Crippen molar-refractivity contribution in [2.45, 2.75) is 31.3 Å². The molecule has 2 atom stereocenters. The van der Waals surface area contributed by atoms with Gasteiger partial charge in [0.1, 0.15) is 5.75 Å². The van der Waals surface area contributed by atoms with E-state index >= 15 is 0 Å². The van der Waals surface area contributed by atoms with E-state index in [9.17, 15) is 0 Å². The van der Waals surface area contributed by atoms with Gasteiger partial charge in [-0.25, -0.2) is 0 Å². The van der Waals surface area contributed by atoms with Crippen molar-refractivity contribution in [1.82, 2.24) is 5.32 Å². The molecule has 0 saturated carbocycles. The van der Waals surface area contributed by atoms with E-state index in [1.165, 1.54) is 35.1 Å². The minimum Gasteiger partial charge on any atom is -0.496 e. The summed E-state index contributed by atoms with van der Waals surface area (Å²) in [4.78, 5) is 0. The van der Waals surface area contributed by atoms with Crippen molar-refractivity contribution in [2.24, 2.45) is 0 Å². The molecule has 2 aromatic rings. The summed E-state index contributed by atoms with van der Waals surface area (Å²) >= 11 is 0. The van der Waals surface area contributed by atoms with Crippen LogP contribution in [0, 0.1) is 0 Å². The maximum atomic E-state index is 5.65. The van der Waals surface area contributed by atoms with Gasteiger partial charge in [-0.05, 0) is 35.6 Å². The summed E-state index contributed by atoms with van der Waals surface area (Å²) in [5.41, 5.74) is 5.74. The molecule has 2 unspecified atom stereocenters. The van der Waals surface area contributed by atoms with E-state index in [-0.39, 0.29) is 0 Å². The quantitative estimate of drug-likeness (QED) is 0.854. The van der Waals surface area contributed by atoms with E-state index < -0.39 is 0 Å². The van der Waals surface area contributed by atoms with Crippen molar-refractivity contribution in [3.63, 3.8) is 0 Å². The lowest BCUT2D eigenvalue weighted by Gasteiger charge is -2.40. The number of fused-ring (bicyclic) bond motifs is 5. The van der Waals surface area contributed by atoms with Gasteiger partial charge in [0.25, 0.3) is 0 Å². The lowest BCUT2D eigenvalue weighted by Crippen LogP contribution is -2.42. The standard InChI is InChI=1S/C18H19NO/c1-20-16-8-4-6-13-11-19-15-10-9-12-5-2-3-7-14(12)18(15)17(13)16/h2-8,15,18-19H,9-11H2,1H3. The van der Waals surface area contributed by atoms with Crippen LogP contribution in [-0.4, -0.2) is 13.2 Å². The van der Waals surface area contributed by atoms with Gasteiger partial charge in [0.2, 0.25) is 0 Å². The van der Waals surface area contributed by atoms with E-state index in [4.69, 9.17) is 4.74 Å². The normalized spacial score (nSPS) is 23.4. The zero-order valence-corrected chi connectivity index (χ0v) is 11.7. The first-order valence-corrected chi connectivity index (χ1v) is 7.35. The van der Waals surface area contributed by atoms with Crippen LogP contribution in [0.5, 0.6) is 5.75 Å². The minimum atomic E-state index is 0.430. The molecule has 0 amide bonds. The van der Waals surface area contributed by atoms with E-state index in [0.717, 1.165) is 12.3 Å². The molecule has 0 spiro atoms. The Kier molecular flexibility index (Phi) is 2.78. The molecule has 0 fully saturated rings. The minimum absolute atomic E-state index is 0.430. The van der Waals surface area contributed by atoms with Gasteiger partial charge < -0.3 is 10.1 Å². The Balaban J connectivity index is 1.94. The summed E-state index contributed by atoms with van der Waals surface area (Å²) in [6.45, 7) is 0.954. The molecule has 102 valence electrons. The van der Waals surface area contributed by atoms with E-state index in [1.807, 2.05) is 0 Å². The number of benzene rings is 2. The summed E-state index contributed by atoms with van der Waals surface area (Å²) in [5.74, 6) is 1.47. The Morgan fingerprint density at radius 2 is 1.90 bits per heavy atom. The molecule has 2 aromatic carbocycles. The molecule has 4 rings (SSSR count). The Morgan fingerprint density at radius 3 is 2.80 bits per heavy atom. The van der Waals surface area contributed by atoms with Gasteiger partial charge in [0.15, 0.2) is 0 Å². The maximum Gasteiger partial charge on any atom is 0.123 e. The monoisotopic (exact) mass is 265 g/mol. The Labute approximate surface area is 119 Å². The first kappa shape index (κ1) is 12.0. The molecule has 20 heavy (non-hydrogen) atoms. The van der Waals surface area contributed by atoms with Crippen LogP contribution < -0.4 is 10.1 Å². The van der Waals surface area contributed by atoms with Crippen molar-refractivity contribution in [3.05, 3.63) is 64.7 Å². The number of nitrogens with one attached hydrogen (secondary N) is 1. The summed E-state index contributed by atoms with van der Waals surface area (Å²) in [6.07, 6.45) is 2.38. The van der Waals surface area contributed by atoms with Crippen LogP contribution in [-0.2, 0) is 13.0 Å². The summed E-state index contributed by atoms with van der Waals surface area (Å²) in [6, 6.07) is 15.8. The molecule has 1 aliphatic heterocycles. The van der Waals surface area contributed by atoms with Gasteiger partial charge in [0, 0.05) is 24.1 Å². The number of hydrogen-bond acceptors (Lipinski definition) is 2. The highest BCUT2D eigenvalue weighted by Crippen LogP contribution is 2.44. The summed E-state index contributed by atoms with van der Waals surface area (Å²) in [5, 5.41) is 3.71. The van der Waals surface area contributed by atoms with Gasteiger partial charge in [-0.1, -0.05) is 36.4 Å². The number of ether oxygens (including phenoxy) is 1. The Bertz CT molecular complexity index is 635. The van der Waals surface area contributed by atoms with Crippen LogP contribution in [0.4, 0.5) is 0 Å². The van der Waals surface area contributed by atoms with E-state index in [0.29, 0.717) is 12.0 Å². The molecule has 2 nitrogen and oxygen atoms in total. The van der Waals surface area contributed by atoms with E-state index in [1.54, 1.807) is 7.11 Å². The number of aryl methyl sites for hydroxylation is 1. The summed E-state index contributed by atoms with van der Waals surface area (Å²) < 4.78 is 5.65. The van der Waals surface area contributed by atoms with Crippen LogP contribution >= 0.6 is 0 Å². The molecule has 0 radical (unpaired) electrons. The lowest BCUT2D eigenvalue weighted by atomic mass is 9.72. The van der Waals surface area contributed by atoms with Crippen molar-refractivity contribution in [1.29, 1.82) is 0 Å². The van der Waals surface area contributed by atoms with Gasteiger partial charge in [-0.3, -0.25) is 0 Å². The fourth-order valence-corrected chi connectivity index (χ4v) is 3.85. The van der Waals surface area contributed by atoms with E-state index in [2.05, 4.69) is 47.8 Å². The molecule has 0 bridgehead atoms. The predicted octanol–water partition coefficient (Wildman–Crippen LogP) is 3.25. The van der Waals surface area contributed by atoms with Crippen LogP contribution in [0.15, 0.2) is 42.5 Å². The van der Waals surface area contributed by atoms with Gasteiger partial charge in [-0.2, -0.15) is 0 Å². The van der Waals surface area contributed by atoms with Gasteiger partial charge >= 0.3 is 0 Å². The summed E-state index contributed by atoms with van der Waals surface area (Å²) in [7, 11) is 1.78. The van der Waals surface area contributed by atoms with Gasteiger partial charge in [-0.15, -0.1) is 0 Å². The molecule has 1 aliphatic carbocycles. The van der Waals surface area contributed by atoms with Crippen molar-refractivity contribution in [3.8, 4) is 5.75 Å². The third kappa shape index (κ3) is 1.68. The molecule has 0 aromatic heterocycles. The smallest absolute Gasteiger partial charge is 0.123 e. The highest BCUT2D eigenvalue weighted by Gasteiger charge is 2.36. The highest BCUT2D eigenvalue weighted by molar-refractivity contribution is 5.52. The molecule has 2 aliphatic rings. The largest absolute Gasteiger partial charge is 0.496 e. The second kappa shape index (κ2) is 4.64. The number of rotatable bonds is 1. The third-order valence-corrected chi connectivity index (χ3v) is 4.76. The second-order valence-electron chi connectivity index (χ2n) is 5.74. The fourth-order valence-electron chi connectivity index (χ4n) is 3.85. The van der Waals surface area contributed by atoms with Crippen LogP contribution in [0.25, 0.3) is 0 Å². The Morgan fingerprint density at radius 1 is 1.05 bits per heavy atom. The van der Waals surface area contributed by atoms with Crippen molar-refractivity contribution < 1.29 is 4.74 Å². The van der Waals surface area contributed by atoms with Crippen LogP contribution in [0.3, 0.4) is 0 Å². The fraction of sp³-hybridized carbons (Fsp3) is 0.333. The zero-order chi connectivity index (χ0) is 13.5. The lowest BCUT2D eigenvalue weighted by molar-refractivity contribution is 0.364. The van der Waals surface area contributed by atoms with Crippen LogP contribution in [0.2, 0.25) is 0 Å². The number of methoxy groups -OCH3 is 1. The highest BCUT2D eigenvalue weighted by atomic mass is 16.5. The topological polar surface area (TPSA) is 21.3 Å². The first-order chi connectivity index (χ1) is 9.88. The SMILES string of the molecule is COc1cccc2c1C1c3ccccc3CCC1NC2. The van der Waals surface area contributed by atoms with Crippen molar-refractivity contribution >= 4 is 0 Å².